The zero-order valence-corrected chi connectivity index (χ0v) is 15.5. The van der Waals surface area contributed by atoms with E-state index in [0.717, 1.165) is 12.4 Å². The van der Waals surface area contributed by atoms with Gasteiger partial charge in [0.15, 0.2) is 5.96 Å². The van der Waals surface area contributed by atoms with Crippen molar-refractivity contribution in [2.45, 2.75) is 45.1 Å². The molecule has 6 nitrogen and oxygen atoms in total. The molecule has 0 saturated heterocycles. The molecule has 0 radical (unpaired) electrons. The van der Waals surface area contributed by atoms with E-state index in [4.69, 9.17) is 0 Å². The van der Waals surface area contributed by atoms with Crippen LogP contribution >= 0.6 is 24.0 Å². The molecule has 0 amide bonds. The van der Waals surface area contributed by atoms with Crippen LogP contribution < -0.4 is 15.4 Å². The van der Waals surface area contributed by atoms with Crippen LogP contribution in [-0.4, -0.2) is 46.3 Å². The predicted octanol–water partition coefficient (Wildman–Crippen LogP) is 1.04. The van der Waals surface area contributed by atoms with Crippen molar-refractivity contribution >= 4 is 40.0 Å². The minimum atomic E-state index is -3.07. The summed E-state index contributed by atoms with van der Waals surface area (Å²) in [4.78, 5) is 4.17. The standard InChI is InChI=1S/C12H26N4O2S.HI/c1-3-19(17,18)15-10-6-9-14-12(13-2)16-11-7-4-5-8-11;/h11,15H,3-10H2,1-2H3,(H2,13,14,16);1H. The molecule has 0 heterocycles. The van der Waals surface area contributed by atoms with Crippen LogP contribution in [0, 0.1) is 0 Å². The Labute approximate surface area is 139 Å². The highest BCUT2D eigenvalue weighted by Crippen LogP contribution is 2.17. The maximum atomic E-state index is 11.2. The second-order valence-corrected chi connectivity index (χ2v) is 6.87. The molecule has 1 fully saturated rings. The van der Waals surface area contributed by atoms with Crippen molar-refractivity contribution in [1.82, 2.24) is 15.4 Å². The Morgan fingerprint density at radius 2 is 1.90 bits per heavy atom. The number of rotatable bonds is 7. The Kier molecular flexibility index (Phi) is 10.6. The summed E-state index contributed by atoms with van der Waals surface area (Å²) in [6, 6.07) is 0.532. The van der Waals surface area contributed by atoms with E-state index in [9.17, 15) is 8.42 Å². The molecule has 0 atom stereocenters. The van der Waals surface area contributed by atoms with Crippen LogP contribution in [0.4, 0.5) is 0 Å². The highest BCUT2D eigenvalue weighted by atomic mass is 127. The number of halogens is 1. The van der Waals surface area contributed by atoms with Gasteiger partial charge in [0.1, 0.15) is 0 Å². The van der Waals surface area contributed by atoms with Gasteiger partial charge in [0.05, 0.1) is 5.75 Å². The second kappa shape index (κ2) is 10.6. The molecule has 0 aromatic rings. The summed E-state index contributed by atoms with van der Waals surface area (Å²) in [6.07, 6.45) is 5.72. The van der Waals surface area contributed by atoms with E-state index >= 15 is 0 Å². The van der Waals surface area contributed by atoms with Crippen molar-refractivity contribution in [3.63, 3.8) is 0 Å². The fourth-order valence-electron chi connectivity index (χ4n) is 2.08. The van der Waals surface area contributed by atoms with Gasteiger partial charge < -0.3 is 10.6 Å². The molecule has 0 bridgehead atoms. The van der Waals surface area contributed by atoms with Gasteiger partial charge in [-0.15, -0.1) is 24.0 Å². The quantitative estimate of drug-likeness (QED) is 0.250. The lowest BCUT2D eigenvalue weighted by molar-refractivity contribution is 0.578. The number of nitrogens with one attached hydrogen (secondary N) is 3. The second-order valence-electron chi connectivity index (χ2n) is 4.78. The van der Waals surface area contributed by atoms with Crippen molar-refractivity contribution in [2.75, 3.05) is 25.9 Å². The Hall–Kier alpha value is -0.0900. The van der Waals surface area contributed by atoms with E-state index in [0.29, 0.717) is 19.1 Å². The van der Waals surface area contributed by atoms with Crippen LogP contribution in [0.15, 0.2) is 4.99 Å². The molecule has 1 aliphatic rings. The largest absolute Gasteiger partial charge is 0.356 e. The fraction of sp³-hybridized carbons (Fsp3) is 0.917. The molecule has 3 N–H and O–H groups in total. The third-order valence-corrected chi connectivity index (χ3v) is 4.67. The Morgan fingerprint density at radius 1 is 1.25 bits per heavy atom. The normalized spacial score (nSPS) is 16.8. The van der Waals surface area contributed by atoms with Gasteiger partial charge in [-0.05, 0) is 26.2 Å². The molecule has 0 aliphatic heterocycles. The lowest BCUT2D eigenvalue weighted by Gasteiger charge is -2.16. The molecule has 120 valence electrons. The van der Waals surface area contributed by atoms with Crippen LogP contribution in [0.5, 0.6) is 0 Å². The molecule has 0 spiro atoms. The van der Waals surface area contributed by atoms with Gasteiger partial charge in [0.2, 0.25) is 10.0 Å². The molecule has 1 rings (SSSR count). The first kappa shape index (κ1) is 19.9. The van der Waals surface area contributed by atoms with Gasteiger partial charge in [0.25, 0.3) is 0 Å². The number of guanidine groups is 1. The van der Waals surface area contributed by atoms with Crippen LogP contribution in [0.2, 0.25) is 0 Å². The monoisotopic (exact) mass is 418 g/mol. The van der Waals surface area contributed by atoms with Gasteiger partial charge in [-0.3, -0.25) is 4.99 Å². The average molecular weight is 418 g/mol. The summed E-state index contributed by atoms with van der Waals surface area (Å²) in [5, 5.41) is 6.59. The number of sulfonamides is 1. The first-order valence-electron chi connectivity index (χ1n) is 7.02. The van der Waals surface area contributed by atoms with E-state index in [1.54, 1.807) is 14.0 Å². The predicted molar refractivity (Wildman–Crippen MR) is 94.2 cm³/mol. The van der Waals surface area contributed by atoms with E-state index in [1.165, 1.54) is 25.7 Å². The van der Waals surface area contributed by atoms with E-state index in [2.05, 4.69) is 20.3 Å². The van der Waals surface area contributed by atoms with Crippen LogP contribution in [0.25, 0.3) is 0 Å². The molecule has 20 heavy (non-hydrogen) atoms. The SMILES string of the molecule is CCS(=O)(=O)NCCCNC(=NC)NC1CCCC1.I. The number of hydrogen-bond acceptors (Lipinski definition) is 3. The first-order valence-corrected chi connectivity index (χ1v) is 8.67. The lowest BCUT2D eigenvalue weighted by atomic mass is 10.2. The molecule has 0 aromatic carbocycles. The molecular formula is C12H27IN4O2S. The third-order valence-electron chi connectivity index (χ3n) is 3.27. The van der Waals surface area contributed by atoms with Gasteiger partial charge in [0, 0.05) is 26.2 Å². The molecule has 8 heteroatoms. The summed E-state index contributed by atoms with van der Waals surface area (Å²) >= 11 is 0. The van der Waals surface area contributed by atoms with Crippen LogP contribution in [-0.2, 0) is 10.0 Å². The van der Waals surface area contributed by atoms with Crippen molar-refractivity contribution in [2.24, 2.45) is 4.99 Å². The smallest absolute Gasteiger partial charge is 0.211 e. The van der Waals surface area contributed by atoms with Crippen molar-refractivity contribution in [1.29, 1.82) is 0 Å². The molecule has 0 aromatic heterocycles. The van der Waals surface area contributed by atoms with Gasteiger partial charge in [-0.1, -0.05) is 12.8 Å². The summed E-state index contributed by atoms with van der Waals surface area (Å²) < 4.78 is 25.0. The summed E-state index contributed by atoms with van der Waals surface area (Å²) in [5.41, 5.74) is 0. The molecular weight excluding hydrogens is 391 g/mol. The van der Waals surface area contributed by atoms with Crippen LogP contribution in [0.1, 0.15) is 39.0 Å². The first-order chi connectivity index (χ1) is 9.07. The molecule has 1 saturated carbocycles. The van der Waals surface area contributed by atoms with E-state index < -0.39 is 10.0 Å². The van der Waals surface area contributed by atoms with Crippen molar-refractivity contribution < 1.29 is 8.42 Å². The zero-order valence-electron chi connectivity index (χ0n) is 12.3. The Balaban J connectivity index is 0.00000361. The third kappa shape index (κ3) is 8.25. The van der Waals surface area contributed by atoms with Gasteiger partial charge in [-0.2, -0.15) is 0 Å². The highest BCUT2D eigenvalue weighted by molar-refractivity contribution is 14.0. The summed E-state index contributed by atoms with van der Waals surface area (Å²) in [7, 11) is -1.31. The van der Waals surface area contributed by atoms with Crippen LogP contribution in [0.3, 0.4) is 0 Å². The topological polar surface area (TPSA) is 82.6 Å². The minimum absolute atomic E-state index is 0. The van der Waals surface area contributed by atoms with Gasteiger partial charge in [-0.25, -0.2) is 13.1 Å². The number of nitrogens with zero attached hydrogens (tertiary/aromatic N) is 1. The average Bonchev–Trinajstić information content (AvgIpc) is 2.89. The highest BCUT2D eigenvalue weighted by Gasteiger charge is 2.15. The summed E-state index contributed by atoms with van der Waals surface area (Å²) in [5.74, 6) is 0.941. The fourth-order valence-corrected chi connectivity index (χ4v) is 2.74. The zero-order chi connectivity index (χ0) is 14.1. The van der Waals surface area contributed by atoms with Gasteiger partial charge >= 0.3 is 0 Å². The maximum absolute atomic E-state index is 11.2. The van der Waals surface area contributed by atoms with Crippen molar-refractivity contribution in [3.8, 4) is 0 Å². The Morgan fingerprint density at radius 3 is 2.45 bits per heavy atom. The lowest BCUT2D eigenvalue weighted by Crippen LogP contribution is -2.43. The van der Waals surface area contributed by atoms with E-state index in [-0.39, 0.29) is 29.7 Å². The van der Waals surface area contributed by atoms with Crippen molar-refractivity contribution in [3.05, 3.63) is 0 Å². The number of hydrogen-bond donors (Lipinski definition) is 3. The maximum Gasteiger partial charge on any atom is 0.211 e. The molecule has 1 aliphatic carbocycles. The Bertz CT molecular complexity index is 381. The number of aliphatic imine (C=N–C) groups is 1. The minimum Gasteiger partial charge on any atom is -0.356 e. The summed E-state index contributed by atoms with van der Waals surface area (Å²) in [6.45, 7) is 2.80. The van der Waals surface area contributed by atoms with E-state index in [1.807, 2.05) is 0 Å². The molecule has 0 unspecified atom stereocenters.